The van der Waals surface area contributed by atoms with Gasteiger partial charge >= 0.3 is 5.97 Å². The summed E-state index contributed by atoms with van der Waals surface area (Å²) in [7, 11) is 0. The Morgan fingerprint density at radius 1 is 1.35 bits per heavy atom. The summed E-state index contributed by atoms with van der Waals surface area (Å²) in [6, 6.07) is 7.28. The lowest BCUT2D eigenvalue weighted by Crippen LogP contribution is -2.11. The van der Waals surface area contributed by atoms with Crippen LogP contribution in [0.2, 0.25) is 0 Å². The molecule has 0 bridgehead atoms. The van der Waals surface area contributed by atoms with Crippen molar-refractivity contribution in [2.24, 2.45) is 0 Å². The van der Waals surface area contributed by atoms with Crippen LogP contribution in [0.5, 0.6) is 0 Å². The number of rotatable bonds is 4. The van der Waals surface area contributed by atoms with Gasteiger partial charge in [-0.25, -0.2) is 14.5 Å². The minimum atomic E-state index is -0.315. The normalized spacial score (nSPS) is 10.2. The van der Waals surface area contributed by atoms with Crippen LogP contribution in [0, 0.1) is 6.92 Å². The first-order chi connectivity index (χ1) is 8.25. The maximum Gasteiger partial charge on any atom is 0.338 e. The Kier molecular flexibility index (Phi) is 3.49. The minimum Gasteiger partial charge on any atom is -0.460 e. The molecule has 0 radical (unpaired) electrons. The molecule has 0 saturated heterocycles. The molecule has 88 valence electrons. The summed E-state index contributed by atoms with van der Waals surface area (Å²) in [5.41, 5.74) is 1.68. The maximum absolute atomic E-state index is 11.6. The standard InChI is InChI=1S/C12H13N3O2/c1-10-2-4-11(5-3-10)12(16)17-7-6-15-9-13-8-14-15/h2-5,8-9H,6-7H2,1H3. The summed E-state index contributed by atoms with van der Waals surface area (Å²) < 4.78 is 6.73. The molecule has 5 heteroatoms. The zero-order chi connectivity index (χ0) is 12.1. The van der Waals surface area contributed by atoms with Gasteiger partial charge in [0.2, 0.25) is 0 Å². The van der Waals surface area contributed by atoms with E-state index >= 15 is 0 Å². The Balaban J connectivity index is 1.83. The summed E-state index contributed by atoms with van der Waals surface area (Å²) in [5, 5.41) is 3.91. The number of hydrogen-bond acceptors (Lipinski definition) is 4. The zero-order valence-electron chi connectivity index (χ0n) is 9.54. The SMILES string of the molecule is Cc1ccc(C(=O)OCCn2cncn2)cc1. The molecule has 0 fully saturated rings. The molecule has 0 spiro atoms. The smallest absolute Gasteiger partial charge is 0.338 e. The summed E-state index contributed by atoms with van der Waals surface area (Å²) in [6.07, 6.45) is 3.03. The van der Waals surface area contributed by atoms with E-state index in [1.807, 2.05) is 19.1 Å². The number of nitrogens with zero attached hydrogens (tertiary/aromatic N) is 3. The highest BCUT2D eigenvalue weighted by Gasteiger charge is 2.05. The lowest BCUT2D eigenvalue weighted by Gasteiger charge is -2.04. The highest BCUT2D eigenvalue weighted by atomic mass is 16.5. The molecule has 0 amide bonds. The van der Waals surface area contributed by atoms with Gasteiger partial charge in [0.25, 0.3) is 0 Å². The van der Waals surface area contributed by atoms with Gasteiger partial charge in [-0.3, -0.25) is 0 Å². The first-order valence-electron chi connectivity index (χ1n) is 5.32. The van der Waals surface area contributed by atoms with Crippen molar-refractivity contribution in [2.45, 2.75) is 13.5 Å². The van der Waals surface area contributed by atoms with Crippen LogP contribution in [-0.2, 0) is 11.3 Å². The Morgan fingerprint density at radius 2 is 2.12 bits per heavy atom. The quantitative estimate of drug-likeness (QED) is 0.747. The lowest BCUT2D eigenvalue weighted by molar-refractivity contribution is 0.0487. The monoisotopic (exact) mass is 231 g/mol. The van der Waals surface area contributed by atoms with Crippen molar-refractivity contribution in [2.75, 3.05) is 6.61 Å². The molecule has 0 atom stereocenters. The van der Waals surface area contributed by atoms with Gasteiger partial charge < -0.3 is 4.74 Å². The summed E-state index contributed by atoms with van der Waals surface area (Å²) in [5.74, 6) is -0.315. The predicted molar refractivity (Wildman–Crippen MR) is 61.5 cm³/mol. The summed E-state index contributed by atoms with van der Waals surface area (Å²) >= 11 is 0. The van der Waals surface area contributed by atoms with Crippen molar-refractivity contribution in [1.82, 2.24) is 14.8 Å². The molecule has 0 aliphatic rings. The summed E-state index contributed by atoms with van der Waals surface area (Å²) in [6.45, 7) is 2.77. The Morgan fingerprint density at radius 3 is 2.76 bits per heavy atom. The molecule has 1 heterocycles. The fraction of sp³-hybridized carbons (Fsp3) is 0.250. The van der Waals surface area contributed by atoms with Crippen LogP contribution in [0.4, 0.5) is 0 Å². The van der Waals surface area contributed by atoms with E-state index < -0.39 is 0 Å². The topological polar surface area (TPSA) is 57.0 Å². The summed E-state index contributed by atoms with van der Waals surface area (Å²) in [4.78, 5) is 15.4. The Hall–Kier alpha value is -2.17. The lowest BCUT2D eigenvalue weighted by atomic mass is 10.1. The molecule has 0 aliphatic carbocycles. The van der Waals surface area contributed by atoms with E-state index in [0.717, 1.165) is 5.56 Å². The molecule has 2 rings (SSSR count). The maximum atomic E-state index is 11.6. The van der Waals surface area contributed by atoms with E-state index in [0.29, 0.717) is 12.1 Å². The van der Waals surface area contributed by atoms with Crippen LogP contribution in [0.25, 0.3) is 0 Å². The number of aryl methyl sites for hydroxylation is 1. The van der Waals surface area contributed by atoms with Gasteiger partial charge in [0.05, 0.1) is 12.1 Å². The number of aromatic nitrogens is 3. The van der Waals surface area contributed by atoms with Crippen molar-refractivity contribution in [3.63, 3.8) is 0 Å². The molecule has 0 N–H and O–H groups in total. The Bertz CT molecular complexity index is 477. The van der Waals surface area contributed by atoms with E-state index in [9.17, 15) is 4.79 Å². The van der Waals surface area contributed by atoms with Gasteiger partial charge in [0.1, 0.15) is 19.3 Å². The second-order valence-corrected chi connectivity index (χ2v) is 3.66. The Labute approximate surface area is 99.1 Å². The molecule has 0 saturated carbocycles. The molecular formula is C12H13N3O2. The largest absolute Gasteiger partial charge is 0.460 e. The average Bonchev–Trinajstić information content (AvgIpc) is 2.83. The van der Waals surface area contributed by atoms with Gasteiger partial charge in [0, 0.05) is 0 Å². The molecule has 1 aromatic heterocycles. The molecule has 2 aromatic rings. The molecular weight excluding hydrogens is 218 g/mol. The van der Waals surface area contributed by atoms with Gasteiger partial charge in [-0.15, -0.1) is 0 Å². The van der Waals surface area contributed by atoms with E-state index in [-0.39, 0.29) is 12.6 Å². The van der Waals surface area contributed by atoms with Crippen molar-refractivity contribution in [3.05, 3.63) is 48.0 Å². The van der Waals surface area contributed by atoms with Crippen LogP contribution in [0.15, 0.2) is 36.9 Å². The van der Waals surface area contributed by atoms with Crippen molar-refractivity contribution < 1.29 is 9.53 Å². The zero-order valence-corrected chi connectivity index (χ0v) is 9.54. The van der Waals surface area contributed by atoms with Crippen molar-refractivity contribution in [1.29, 1.82) is 0 Å². The third kappa shape index (κ3) is 3.14. The number of hydrogen-bond donors (Lipinski definition) is 0. The van der Waals surface area contributed by atoms with E-state index in [2.05, 4.69) is 10.1 Å². The average molecular weight is 231 g/mol. The second-order valence-electron chi connectivity index (χ2n) is 3.66. The van der Waals surface area contributed by atoms with Crippen LogP contribution in [0.1, 0.15) is 15.9 Å². The molecule has 5 nitrogen and oxygen atoms in total. The number of carbonyl (C=O) groups excluding carboxylic acids is 1. The van der Waals surface area contributed by atoms with Crippen LogP contribution in [0.3, 0.4) is 0 Å². The van der Waals surface area contributed by atoms with Gasteiger partial charge in [0.15, 0.2) is 0 Å². The van der Waals surface area contributed by atoms with Crippen LogP contribution in [-0.4, -0.2) is 27.3 Å². The van der Waals surface area contributed by atoms with Crippen molar-refractivity contribution >= 4 is 5.97 Å². The van der Waals surface area contributed by atoms with Crippen molar-refractivity contribution in [3.8, 4) is 0 Å². The molecule has 0 unspecified atom stereocenters. The number of carbonyl (C=O) groups is 1. The molecule has 1 aromatic carbocycles. The molecule has 0 aliphatic heterocycles. The molecule has 17 heavy (non-hydrogen) atoms. The highest BCUT2D eigenvalue weighted by molar-refractivity contribution is 5.89. The van der Waals surface area contributed by atoms with E-state index in [4.69, 9.17) is 4.74 Å². The number of esters is 1. The van der Waals surface area contributed by atoms with E-state index in [1.54, 1.807) is 23.1 Å². The first-order valence-corrected chi connectivity index (χ1v) is 5.32. The van der Waals surface area contributed by atoms with Gasteiger partial charge in [-0.05, 0) is 19.1 Å². The fourth-order valence-corrected chi connectivity index (χ4v) is 1.35. The highest BCUT2D eigenvalue weighted by Crippen LogP contribution is 2.04. The third-order valence-electron chi connectivity index (χ3n) is 2.31. The minimum absolute atomic E-state index is 0.288. The fourth-order valence-electron chi connectivity index (χ4n) is 1.35. The number of ether oxygens (including phenoxy) is 1. The van der Waals surface area contributed by atoms with Crippen LogP contribution < -0.4 is 0 Å². The van der Waals surface area contributed by atoms with Crippen LogP contribution >= 0.6 is 0 Å². The van der Waals surface area contributed by atoms with Gasteiger partial charge in [-0.2, -0.15) is 5.10 Å². The number of benzene rings is 1. The van der Waals surface area contributed by atoms with E-state index in [1.165, 1.54) is 6.33 Å². The second kappa shape index (κ2) is 5.25. The first kappa shape index (κ1) is 11.3. The third-order valence-corrected chi connectivity index (χ3v) is 2.31. The van der Waals surface area contributed by atoms with Gasteiger partial charge in [-0.1, -0.05) is 17.7 Å². The predicted octanol–water partition coefficient (Wildman–Crippen LogP) is 1.44.